The van der Waals surface area contributed by atoms with Crippen molar-refractivity contribution in [1.29, 1.82) is 0 Å². The van der Waals surface area contributed by atoms with Crippen LogP contribution in [0, 0.1) is 0 Å². The van der Waals surface area contributed by atoms with Gasteiger partial charge in [-0.25, -0.2) is 14.5 Å². The predicted octanol–water partition coefficient (Wildman–Crippen LogP) is 1.61. The first-order valence-corrected chi connectivity index (χ1v) is 7.96. The molecule has 0 bridgehead atoms. The molecule has 0 aromatic carbocycles. The van der Waals surface area contributed by atoms with Gasteiger partial charge in [-0.05, 0) is 12.1 Å². The summed E-state index contributed by atoms with van der Waals surface area (Å²) in [5, 5.41) is 11.4. The largest absolute Gasteiger partial charge is 0.502 e. The Kier molecular flexibility index (Phi) is 3.31. The molecule has 7 nitrogen and oxygen atoms in total. The highest BCUT2D eigenvalue weighted by molar-refractivity contribution is 5.88. The van der Waals surface area contributed by atoms with Crippen LogP contribution >= 0.6 is 0 Å². The second-order valence-electron chi connectivity index (χ2n) is 6.33. The number of nitrogens with zero attached hydrogens (tertiary/aromatic N) is 5. The molecule has 0 atom stereocenters. The number of quaternary nitrogens is 1. The third-order valence-electron chi connectivity index (χ3n) is 4.76. The molecule has 1 fully saturated rings. The summed E-state index contributed by atoms with van der Waals surface area (Å²) >= 11 is 0. The van der Waals surface area contributed by atoms with Crippen molar-refractivity contribution in [2.45, 2.75) is 12.8 Å². The van der Waals surface area contributed by atoms with Gasteiger partial charge >= 0.3 is 5.56 Å². The molecule has 122 valence electrons. The van der Waals surface area contributed by atoms with Gasteiger partial charge < -0.3 is 5.11 Å². The second-order valence-corrected chi connectivity index (χ2v) is 6.33. The number of rotatable bonds is 2. The Morgan fingerprint density at radius 3 is 2.67 bits per heavy atom. The molecule has 3 aromatic rings. The number of likely N-dealkylation sites (tertiary alicyclic amines) is 1. The zero-order chi connectivity index (χ0) is 16.7. The lowest BCUT2D eigenvalue weighted by atomic mass is 10.2. The Labute approximate surface area is 138 Å². The second kappa shape index (κ2) is 5.38. The van der Waals surface area contributed by atoms with E-state index >= 15 is 0 Å². The van der Waals surface area contributed by atoms with E-state index in [9.17, 15) is 9.90 Å². The normalized spacial score (nSPS) is 16.5. The molecular formula is C17H18N5O2+. The zero-order valence-corrected chi connectivity index (χ0v) is 13.4. The van der Waals surface area contributed by atoms with Crippen molar-refractivity contribution >= 4 is 16.7 Å². The number of aromatic hydroxyl groups is 1. The minimum absolute atomic E-state index is 0.0210. The Morgan fingerprint density at radius 1 is 1.17 bits per heavy atom. The molecule has 0 saturated carbocycles. The molecule has 1 aliphatic rings. The number of hydrogen-bond donors (Lipinski definition) is 1. The fourth-order valence-corrected chi connectivity index (χ4v) is 3.55. The average molecular weight is 324 g/mol. The van der Waals surface area contributed by atoms with Gasteiger partial charge in [0.05, 0.1) is 31.7 Å². The highest BCUT2D eigenvalue weighted by Gasteiger charge is 2.37. The number of aromatic nitrogens is 4. The molecule has 0 amide bonds. The lowest BCUT2D eigenvalue weighted by Crippen LogP contribution is -2.46. The van der Waals surface area contributed by atoms with Crippen LogP contribution in [-0.4, -0.2) is 44.8 Å². The molecule has 1 aliphatic heterocycles. The molecule has 4 rings (SSSR count). The van der Waals surface area contributed by atoms with Gasteiger partial charge in [-0.2, -0.15) is 0 Å². The Morgan fingerprint density at radius 2 is 1.96 bits per heavy atom. The van der Waals surface area contributed by atoms with E-state index in [1.165, 1.54) is 17.0 Å². The minimum atomic E-state index is -0.288. The van der Waals surface area contributed by atoms with E-state index in [2.05, 4.69) is 15.0 Å². The van der Waals surface area contributed by atoms with E-state index in [1.807, 2.05) is 7.05 Å². The van der Waals surface area contributed by atoms with Gasteiger partial charge in [0.25, 0.3) is 0 Å². The van der Waals surface area contributed by atoms with Crippen molar-refractivity contribution in [2.24, 2.45) is 0 Å². The summed E-state index contributed by atoms with van der Waals surface area (Å²) in [5.41, 5.74) is 0.498. The first kappa shape index (κ1) is 14.8. The Balaban J connectivity index is 2.14. The lowest BCUT2D eigenvalue weighted by Gasteiger charge is -2.29. The van der Waals surface area contributed by atoms with Gasteiger partial charge in [-0.1, -0.05) is 0 Å². The van der Waals surface area contributed by atoms with Crippen LogP contribution in [0.1, 0.15) is 12.8 Å². The van der Waals surface area contributed by atoms with E-state index in [0.29, 0.717) is 27.0 Å². The first-order valence-electron chi connectivity index (χ1n) is 7.96. The van der Waals surface area contributed by atoms with Crippen molar-refractivity contribution in [3.8, 4) is 11.6 Å². The van der Waals surface area contributed by atoms with Crippen LogP contribution in [0.4, 0.5) is 5.69 Å². The molecule has 7 heteroatoms. The molecule has 0 aliphatic carbocycles. The highest BCUT2D eigenvalue weighted by Crippen LogP contribution is 2.37. The molecule has 24 heavy (non-hydrogen) atoms. The third kappa shape index (κ3) is 2.09. The summed E-state index contributed by atoms with van der Waals surface area (Å²) in [6.07, 6.45) is 8.28. The fraction of sp³-hybridized carbons (Fsp3) is 0.294. The molecule has 1 N–H and O–H groups in total. The lowest BCUT2D eigenvalue weighted by molar-refractivity contribution is 0.376. The summed E-state index contributed by atoms with van der Waals surface area (Å²) in [4.78, 5) is 25.9. The molecule has 3 aromatic heterocycles. The van der Waals surface area contributed by atoms with E-state index in [-0.39, 0.29) is 11.3 Å². The van der Waals surface area contributed by atoms with E-state index < -0.39 is 0 Å². The topological polar surface area (TPSA) is 80.9 Å². The number of fused-ring (bicyclic) bond motifs is 1. The maximum absolute atomic E-state index is 13.3. The SMILES string of the molecule is C[N+]1(c2c(O)c3cccnc3n(-c3cnccn3)c2=O)CCCC1. The maximum Gasteiger partial charge on any atom is 0.323 e. The van der Waals surface area contributed by atoms with Crippen molar-refractivity contribution < 1.29 is 5.11 Å². The van der Waals surface area contributed by atoms with Crippen LogP contribution in [0.25, 0.3) is 16.9 Å². The average Bonchev–Trinajstić information content (AvgIpc) is 3.03. The minimum Gasteiger partial charge on any atom is -0.502 e. The van der Waals surface area contributed by atoms with Gasteiger partial charge in [0.2, 0.25) is 5.69 Å². The van der Waals surface area contributed by atoms with Crippen LogP contribution in [-0.2, 0) is 0 Å². The van der Waals surface area contributed by atoms with Crippen molar-refractivity contribution in [1.82, 2.24) is 24.0 Å². The zero-order valence-electron chi connectivity index (χ0n) is 13.4. The molecule has 0 spiro atoms. The van der Waals surface area contributed by atoms with Crippen LogP contribution in [0.3, 0.4) is 0 Å². The molecule has 0 radical (unpaired) electrons. The fourth-order valence-electron chi connectivity index (χ4n) is 3.55. The Hall–Kier alpha value is -2.80. The van der Waals surface area contributed by atoms with Gasteiger partial charge in [-0.15, -0.1) is 0 Å². The summed E-state index contributed by atoms with van der Waals surface area (Å²) < 4.78 is 1.87. The van der Waals surface area contributed by atoms with Crippen molar-refractivity contribution in [2.75, 3.05) is 20.1 Å². The van der Waals surface area contributed by atoms with E-state index in [4.69, 9.17) is 0 Å². The smallest absolute Gasteiger partial charge is 0.323 e. The van der Waals surface area contributed by atoms with Crippen molar-refractivity contribution in [3.05, 3.63) is 47.3 Å². The predicted molar refractivity (Wildman–Crippen MR) is 91.3 cm³/mol. The monoisotopic (exact) mass is 324 g/mol. The first-order chi connectivity index (χ1) is 11.6. The summed E-state index contributed by atoms with van der Waals surface area (Å²) in [6.45, 7) is 1.66. The maximum atomic E-state index is 13.3. The van der Waals surface area contributed by atoms with E-state index in [1.54, 1.807) is 24.5 Å². The van der Waals surface area contributed by atoms with Gasteiger partial charge in [-0.3, -0.25) is 14.3 Å². The number of pyridine rings is 2. The highest BCUT2D eigenvalue weighted by atomic mass is 16.3. The van der Waals surface area contributed by atoms with Crippen LogP contribution in [0.15, 0.2) is 41.7 Å². The summed E-state index contributed by atoms with van der Waals surface area (Å²) in [7, 11) is 1.99. The Bertz CT molecular complexity index is 962. The molecular weight excluding hydrogens is 306 g/mol. The van der Waals surface area contributed by atoms with Gasteiger partial charge in [0.15, 0.2) is 17.2 Å². The quantitative estimate of drug-likeness (QED) is 0.724. The molecule has 1 saturated heterocycles. The van der Waals surface area contributed by atoms with Crippen molar-refractivity contribution in [3.63, 3.8) is 0 Å². The summed E-state index contributed by atoms with van der Waals surface area (Å²) in [6, 6.07) is 3.52. The van der Waals surface area contributed by atoms with E-state index in [0.717, 1.165) is 25.9 Å². The standard InChI is InChI=1S/C17H17N5O2/c1-22(9-2-3-10-22)14-15(23)12-5-4-6-20-16(12)21(17(14)24)13-11-18-7-8-19-13/h4-8,11H,2-3,9-10H2,1H3/p+1. The van der Waals surface area contributed by atoms with Crippen LogP contribution in [0.2, 0.25) is 0 Å². The van der Waals surface area contributed by atoms with Gasteiger partial charge in [0, 0.05) is 31.4 Å². The van der Waals surface area contributed by atoms with Crippen LogP contribution in [0.5, 0.6) is 5.75 Å². The number of hydrogen-bond acceptors (Lipinski definition) is 5. The van der Waals surface area contributed by atoms with Gasteiger partial charge in [0.1, 0.15) is 0 Å². The summed E-state index contributed by atoms with van der Waals surface area (Å²) in [5.74, 6) is 0.422. The molecule has 4 heterocycles. The third-order valence-corrected chi connectivity index (χ3v) is 4.76. The van der Waals surface area contributed by atoms with Crippen LogP contribution < -0.4 is 10.0 Å². The molecule has 0 unspecified atom stereocenters.